The molecule has 138 valence electrons. The molecular weight excluding hydrogens is 456 g/mol. The van der Waals surface area contributed by atoms with Crippen LogP contribution >= 0.6 is 22.6 Å². The number of aromatic nitrogens is 2. The molecule has 6 heteroatoms. The summed E-state index contributed by atoms with van der Waals surface area (Å²) in [6.45, 7) is 3.16. The molecule has 0 aliphatic carbocycles. The highest BCUT2D eigenvalue weighted by Crippen LogP contribution is 2.28. The molecule has 27 heavy (non-hydrogen) atoms. The van der Waals surface area contributed by atoms with Crippen LogP contribution in [0.5, 0.6) is 0 Å². The number of carbonyl (C=O) groups excluding carboxylic acids is 1. The Kier molecular flexibility index (Phi) is 6.15. The molecule has 0 aliphatic rings. The number of halogens is 2. The van der Waals surface area contributed by atoms with Gasteiger partial charge in [0.2, 0.25) is 0 Å². The standard InChI is InChI=1S/C21H19FIN3O/c1-3-14-8-9-24-20(10-14)18-11-15(5-7-19(18)23)26-21(27)17-6-4-16(12-22)25-13(17)2/h4-11H,3,12H2,1-2H3,(H,26,27). The fourth-order valence-corrected chi connectivity index (χ4v) is 3.38. The van der Waals surface area contributed by atoms with Gasteiger partial charge in [0, 0.05) is 21.0 Å². The highest BCUT2D eigenvalue weighted by molar-refractivity contribution is 14.1. The lowest BCUT2D eigenvalue weighted by Gasteiger charge is -2.11. The summed E-state index contributed by atoms with van der Waals surface area (Å²) in [5, 5.41) is 2.90. The van der Waals surface area contributed by atoms with Gasteiger partial charge < -0.3 is 5.32 Å². The maximum atomic E-state index is 12.7. The van der Waals surface area contributed by atoms with E-state index in [0.717, 1.165) is 21.2 Å². The van der Waals surface area contributed by atoms with Crippen LogP contribution in [0.4, 0.5) is 10.1 Å². The zero-order chi connectivity index (χ0) is 19.4. The molecule has 0 fully saturated rings. The van der Waals surface area contributed by atoms with Crippen LogP contribution < -0.4 is 5.32 Å². The molecule has 1 N–H and O–H groups in total. The number of hydrogen-bond donors (Lipinski definition) is 1. The molecule has 2 heterocycles. The van der Waals surface area contributed by atoms with Gasteiger partial charge in [0.1, 0.15) is 6.67 Å². The maximum Gasteiger partial charge on any atom is 0.257 e. The molecule has 0 bridgehead atoms. The van der Waals surface area contributed by atoms with E-state index < -0.39 is 6.67 Å². The first-order chi connectivity index (χ1) is 13.0. The van der Waals surface area contributed by atoms with Crippen molar-refractivity contribution in [1.29, 1.82) is 0 Å². The second-order valence-corrected chi connectivity index (χ2v) is 7.28. The molecular formula is C21H19FIN3O. The quantitative estimate of drug-likeness (QED) is 0.507. The van der Waals surface area contributed by atoms with Crippen LogP contribution in [0.1, 0.15) is 34.2 Å². The number of hydrogen-bond acceptors (Lipinski definition) is 3. The Morgan fingerprint density at radius 1 is 1.19 bits per heavy atom. The lowest BCUT2D eigenvalue weighted by atomic mass is 10.1. The van der Waals surface area contributed by atoms with Crippen molar-refractivity contribution in [1.82, 2.24) is 9.97 Å². The number of pyridine rings is 2. The van der Waals surface area contributed by atoms with Gasteiger partial charge in [-0.05, 0) is 84.0 Å². The smallest absolute Gasteiger partial charge is 0.257 e. The van der Waals surface area contributed by atoms with Crippen LogP contribution in [0.3, 0.4) is 0 Å². The molecule has 0 saturated carbocycles. The molecule has 2 aromatic heterocycles. The second-order valence-electron chi connectivity index (χ2n) is 6.12. The van der Waals surface area contributed by atoms with Crippen LogP contribution in [0.25, 0.3) is 11.3 Å². The van der Waals surface area contributed by atoms with Crippen LogP contribution in [0.2, 0.25) is 0 Å². The average molecular weight is 475 g/mol. The van der Waals surface area contributed by atoms with E-state index in [0.29, 0.717) is 22.6 Å². The molecule has 0 saturated heterocycles. The summed E-state index contributed by atoms with van der Waals surface area (Å²) < 4.78 is 13.8. The number of anilines is 1. The highest BCUT2D eigenvalue weighted by atomic mass is 127. The lowest BCUT2D eigenvalue weighted by molar-refractivity contribution is 0.102. The Morgan fingerprint density at radius 2 is 2.00 bits per heavy atom. The topological polar surface area (TPSA) is 54.9 Å². The van der Waals surface area contributed by atoms with E-state index in [2.05, 4.69) is 50.9 Å². The number of alkyl halides is 1. The van der Waals surface area contributed by atoms with Crippen molar-refractivity contribution in [2.24, 2.45) is 0 Å². The molecule has 0 aliphatic heterocycles. The van der Waals surface area contributed by atoms with Gasteiger partial charge in [-0.25, -0.2) is 4.39 Å². The van der Waals surface area contributed by atoms with Gasteiger partial charge in [0.15, 0.2) is 0 Å². The lowest BCUT2D eigenvalue weighted by Crippen LogP contribution is -2.14. The average Bonchev–Trinajstić information content (AvgIpc) is 2.69. The van der Waals surface area contributed by atoms with Crippen molar-refractivity contribution in [3.8, 4) is 11.3 Å². The van der Waals surface area contributed by atoms with E-state index in [9.17, 15) is 9.18 Å². The fourth-order valence-electron chi connectivity index (χ4n) is 2.77. The van der Waals surface area contributed by atoms with Crippen LogP contribution in [0, 0.1) is 10.5 Å². The fraction of sp³-hybridized carbons (Fsp3) is 0.190. The van der Waals surface area contributed by atoms with Gasteiger partial charge in [-0.3, -0.25) is 14.8 Å². The maximum absolute atomic E-state index is 12.7. The number of carbonyl (C=O) groups is 1. The van der Waals surface area contributed by atoms with E-state index in [1.807, 2.05) is 24.3 Å². The summed E-state index contributed by atoms with van der Waals surface area (Å²) in [6, 6.07) is 12.9. The zero-order valence-electron chi connectivity index (χ0n) is 15.1. The van der Waals surface area contributed by atoms with E-state index in [4.69, 9.17) is 0 Å². The van der Waals surface area contributed by atoms with Gasteiger partial charge in [-0.2, -0.15) is 0 Å². The number of nitrogens with one attached hydrogen (secondary N) is 1. The normalized spacial score (nSPS) is 10.7. The van der Waals surface area contributed by atoms with Crippen LogP contribution in [-0.2, 0) is 13.1 Å². The zero-order valence-corrected chi connectivity index (χ0v) is 17.2. The third-order valence-corrected chi connectivity index (χ3v) is 5.20. The Labute approximate surface area is 171 Å². The minimum atomic E-state index is -0.646. The summed E-state index contributed by atoms with van der Waals surface area (Å²) in [7, 11) is 0. The Morgan fingerprint density at radius 3 is 2.70 bits per heavy atom. The third kappa shape index (κ3) is 4.50. The molecule has 0 spiro atoms. The van der Waals surface area contributed by atoms with E-state index in [1.54, 1.807) is 19.2 Å². The van der Waals surface area contributed by atoms with E-state index in [1.165, 1.54) is 11.6 Å². The Balaban J connectivity index is 1.89. The molecule has 0 unspecified atom stereocenters. The number of rotatable bonds is 5. The molecule has 0 radical (unpaired) electrons. The Bertz CT molecular complexity index is 991. The van der Waals surface area contributed by atoms with Crippen LogP contribution in [0.15, 0.2) is 48.7 Å². The van der Waals surface area contributed by atoms with Gasteiger partial charge >= 0.3 is 0 Å². The number of nitrogens with zero attached hydrogens (tertiary/aromatic N) is 2. The second kappa shape index (κ2) is 8.56. The van der Waals surface area contributed by atoms with Crippen molar-refractivity contribution in [2.45, 2.75) is 26.9 Å². The van der Waals surface area contributed by atoms with Crippen molar-refractivity contribution < 1.29 is 9.18 Å². The van der Waals surface area contributed by atoms with Gasteiger partial charge in [0.05, 0.1) is 22.6 Å². The first-order valence-corrected chi connectivity index (χ1v) is 9.68. The summed E-state index contributed by atoms with van der Waals surface area (Å²) in [6.07, 6.45) is 2.74. The predicted octanol–water partition coefficient (Wildman–Crippen LogP) is 5.34. The summed E-state index contributed by atoms with van der Waals surface area (Å²) in [4.78, 5) is 21.2. The molecule has 3 rings (SSSR count). The number of benzene rings is 1. The highest BCUT2D eigenvalue weighted by Gasteiger charge is 2.13. The number of amides is 1. The SMILES string of the molecule is CCc1ccnc(-c2cc(NC(=O)c3ccc(CF)nc3C)ccc2I)c1. The molecule has 0 atom stereocenters. The van der Waals surface area contributed by atoms with Crippen molar-refractivity contribution >= 4 is 34.2 Å². The van der Waals surface area contributed by atoms with Crippen molar-refractivity contribution in [3.63, 3.8) is 0 Å². The minimum Gasteiger partial charge on any atom is -0.322 e. The Hall–Kier alpha value is -2.35. The summed E-state index contributed by atoms with van der Waals surface area (Å²) in [5.74, 6) is -0.271. The molecule has 3 aromatic rings. The monoisotopic (exact) mass is 475 g/mol. The number of aryl methyl sites for hydroxylation is 2. The minimum absolute atomic E-state index is 0.271. The predicted molar refractivity (Wildman–Crippen MR) is 114 cm³/mol. The molecule has 1 aromatic carbocycles. The molecule has 1 amide bonds. The van der Waals surface area contributed by atoms with Gasteiger partial charge in [-0.15, -0.1) is 0 Å². The largest absolute Gasteiger partial charge is 0.322 e. The third-order valence-electron chi connectivity index (χ3n) is 4.26. The first-order valence-electron chi connectivity index (χ1n) is 8.60. The first kappa shape index (κ1) is 19.4. The van der Waals surface area contributed by atoms with Gasteiger partial charge in [0.25, 0.3) is 5.91 Å². The van der Waals surface area contributed by atoms with Crippen molar-refractivity contribution in [3.05, 3.63) is 74.7 Å². The van der Waals surface area contributed by atoms with E-state index >= 15 is 0 Å². The van der Waals surface area contributed by atoms with Crippen LogP contribution in [-0.4, -0.2) is 15.9 Å². The van der Waals surface area contributed by atoms with Gasteiger partial charge in [-0.1, -0.05) is 6.92 Å². The van der Waals surface area contributed by atoms with Crippen molar-refractivity contribution in [2.75, 3.05) is 5.32 Å². The van der Waals surface area contributed by atoms with E-state index in [-0.39, 0.29) is 5.91 Å². The summed E-state index contributed by atoms with van der Waals surface area (Å²) >= 11 is 2.26. The molecule has 4 nitrogen and oxygen atoms in total. The summed E-state index contributed by atoms with van der Waals surface area (Å²) in [5.41, 5.74) is 4.98.